The minimum absolute atomic E-state index is 0.0535. The molecule has 19 heavy (non-hydrogen) atoms. The molecule has 0 fully saturated rings. The molecule has 0 aliphatic heterocycles. The van der Waals surface area contributed by atoms with Crippen LogP contribution in [0, 0.1) is 15.5 Å². The largest absolute Gasteiger partial charge is 0.480 e. The van der Waals surface area contributed by atoms with E-state index in [-0.39, 0.29) is 11.5 Å². The monoisotopic (exact) mass is 269 g/mol. The molecular weight excluding hydrogens is 254 g/mol. The molecule has 0 unspecified atom stereocenters. The molecule has 3 N–H and O–H groups in total. The van der Waals surface area contributed by atoms with Gasteiger partial charge >= 0.3 is 11.8 Å². The smallest absolute Gasteiger partial charge is 0.326 e. The van der Waals surface area contributed by atoms with Crippen LogP contribution in [0.3, 0.4) is 0 Å². The van der Waals surface area contributed by atoms with Crippen LogP contribution in [-0.4, -0.2) is 32.9 Å². The number of rotatable bonds is 4. The Bertz CT molecular complexity index is 515. The molecule has 8 nitrogen and oxygen atoms in total. The quantitative estimate of drug-likeness (QED) is 0.558. The standard InChI is InChI=1S/C11H15N3O5/c1-11(2,3)8(10(16)17)13-9(15)6-4-5-7(12-6)14(18)19/h4-5,8,12H,1-3H3,(H,13,15)(H,16,17)/t8-/m0/s1. The van der Waals surface area contributed by atoms with Gasteiger partial charge in [-0.2, -0.15) is 0 Å². The maximum atomic E-state index is 11.8. The van der Waals surface area contributed by atoms with Gasteiger partial charge in [0.2, 0.25) is 0 Å². The molecule has 0 saturated carbocycles. The van der Waals surface area contributed by atoms with Gasteiger partial charge in [-0.3, -0.25) is 4.79 Å². The molecular formula is C11H15N3O5. The highest BCUT2D eigenvalue weighted by molar-refractivity contribution is 5.95. The summed E-state index contributed by atoms with van der Waals surface area (Å²) in [7, 11) is 0. The van der Waals surface area contributed by atoms with E-state index in [0.717, 1.165) is 6.07 Å². The van der Waals surface area contributed by atoms with Gasteiger partial charge in [0.15, 0.2) is 5.69 Å². The Morgan fingerprint density at radius 3 is 2.37 bits per heavy atom. The summed E-state index contributed by atoms with van der Waals surface area (Å²) in [5.41, 5.74) is -0.734. The number of hydrogen-bond donors (Lipinski definition) is 3. The van der Waals surface area contributed by atoms with Crippen LogP contribution in [0.15, 0.2) is 12.1 Å². The van der Waals surface area contributed by atoms with Crippen molar-refractivity contribution in [1.29, 1.82) is 0 Å². The first kappa shape index (κ1) is 14.7. The number of carbonyl (C=O) groups is 2. The van der Waals surface area contributed by atoms with Gasteiger partial charge in [0, 0.05) is 6.07 Å². The van der Waals surface area contributed by atoms with Crippen LogP contribution < -0.4 is 5.32 Å². The van der Waals surface area contributed by atoms with Crippen molar-refractivity contribution in [2.45, 2.75) is 26.8 Å². The lowest BCUT2D eigenvalue weighted by Crippen LogP contribution is -2.49. The highest BCUT2D eigenvalue weighted by Gasteiger charge is 2.33. The van der Waals surface area contributed by atoms with Gasteiger partial charge in [-0.15, -0.1) is 0 Å². The normalized spacial score (nSPS) is 12.8. The first-order valence-electron chi connectivity index (χ1n) is 5.50. The zero-order valence-corrected chi connectivity index (χ0v) is 10.8. The number of aliphatic carboxylic acids is 1. The second kappa shape index (κ2) is 5.09. The number of hydrogen-bond acceptors (Lipinski definition) is 4. The van der Waals surface area contributed by atoms with Gasteiger partial charge < -0.3 is 20.5 Å². The van der Waals surface area contributed by atoms with Crippen molar-refractivity contribution in [3.63, 3.8) is 0 Å². The molecule has 0 spiro atoms. The van der Waals surface area contributed by atoms with Crippen molar-refractivity contribution in [1.82, 2.24) is 10.3 Å². The summed E-state index contributed by atoms with van der Waals surface area (Å²) in [5.74, 6) is -2.19. The lowest BCUT2D eigenvalue weighted by molar-refractivity contribution is -0.389. The van der Waals surface area contributed by atoms with Crippen molar-refractivity contribution in [3.05, 3.63) is 27.9 Å². The zero-order chi connectivity index (χ0) is 14.8. The van der Waals surface area contributed by atoms with Crippen LogP contribution in [-0.2, 0) is 4.79 Å². The Morgan fingerprint density at radius 1 is 1.42 bits per heavy atom. The predicted octanol–water partition coefficient (Wildman–Crippen LogP) is 1.15. The Kier molecular flexibility index (Phi) is 3.93. The number of carboxylic acid groups (broad SMARTS) is 1. The van der Waals surface area contributed by atoms with E-state index in [4.69, 9.17) is 5.11 Å². The molecule has 1 heterocycles. The first-order chi connectivity index (χ1) is 8.62. The van der Waals surface area contributed by atoms with Crippen molar-refractivity contribution in [3.8, 4) is 0 Å². The van der Waals surface area contributed by atoms with Crippen LogP contribution in [0.25, 0.3) is 0 Å². The summed E-state index contributed by atoms with van der Waals surface area (Å²) >= 11 is 0. The molecule has 0 radical (unpaired) electrons. The SMILES string of the molecule is CC(C)(C)[C@@H](NC(=O)c1ccc([N+](=O)[O-])[nH]1)C(=O)O. The number of H-pyrrole nitrogens is 1. The lowest BCUT2D eigenvalue weighted by Gasteiger charge is -2.27. The van der Waals surface area contributed by atoms with E-state index in [1.54, 1.807) is 20.8 Å². The van der Waals surface area contributed by atoms with Crippen molar-refractivity contribution in [2.24, 2.45) is 5.41 Å². The Balaban J connectivity index is 2.88. The summed E-state index contributed by atoms with van der Waals surface area (Å²) in [6, 6.07) is 1.28. The third-order valence-electron chi connectivity index (χ3n) is 2.50. The van der Waals surface area contributed by atoms with Gasteiger partial charge in [-0.1, -0.05) is 20.8 Å². The topological polar surface area (TPSA) is 125 Å². The molecule has 1 amide bonds. The molecule has 0 bridgehead atoms. The number of carboxylic acids is 1. The lowest BCUT2D eigenvalue weighted by atomic mass is 9.86. The summed E-state index contributed by atoms with van der Waals surface area (Å²) in [6.45, 7) is 5.01. The van der Waals surface area contributed by atoms with Crippen LogP contribution in [0.1, 0.15) is 31.3 Å². The molecule has 0 aliphatic carbocycles. The van der Waals surface area contributed by atoms with Crippen molar-refractivity contribution < 1.29 is 19.6 Å². The van der Waals surface area contributed by atoms with E-state index >= 15 is 0 Å². The Labute approximate surface area is 109 Å². The van der Waals surface area contributed by atoms with Gasteiger partial charge in [0.1, 0.15) is 6.04 Å². The molecule has 8 heteroatoms. The number of nitrogens with zero attached hydrogens (tertiary/aromatic N) is 1. The maximum Gasteiger partial charge on any atom is 0.326 e. The minimum atomic E-state index is -1.16. The molecule has 0 saturated heterocycles. The van der Waals surface area contributed by atoms with Crippen LogP contribution in [0.2, 0.25) is 0 Å². The van der Waals surface area contributed by atoms with Crippen molar-refractivity contribution >= 4 is 17.7 Å². The second-order valence-corrected chi connectivity index (χ2v) is 5.13. The number of aromatic nitrogens is 1. The Hall–Kier alpha value is -2.38. The first-order valence-corrected chi connectivity index (χ1v) is 5.50. The van der Waals surface area contributed by atoms with Crippen LogP contribution in [0.5, 0.6) is 0 Å². The average molecular weight is 269 g/mol. The van der Waals surface area contributed by atoms with E-state index in [1.807, 2.05) is 0 Å². The maximum absolute atomic E-state index is 11.8. The van der Waals surface area contributed by atoms with Crippen molar-refractivity contribution in [2.75, 3.05) is 0 Å². The van der Waals surface area contributed by atoms with E-state index in [2.05, 4.69) is 10.3 Å². The fourth-order valence-corrected chi connectivity index (χ4v) is 1.48. The van der Waals surface area contributed by atoms with E-state index in [0.29, 0.717) is 0 Å². The number of carbonyl (C=O) groups excluding carboxylic acids is 1. The molecule has 1 rings (SSSR count). The van der Waals surface area contributed by atoms with E-state index < -0.39 is 28.3 Å². The molecule has 0 aliphatic rings. The van der Waals surface area contributed by atoms with Gasteiger partial charge in [-0.25, -0.2) is 9.78 Å². The van der Waals surface area contributed by atoms with Gasteiger partial charge in [0.05, 0.1) is 0 Å². The van der Waals surface area contributed by atoms with Gasteiger partial charge in [-0.05, 0) is 16.4 Å². The molecule has 1 aromatic rings. The van der Waals surface area contributed by atoms with Gasteiger partial charge in [0.25, 0.3) is 5.91 Å². The predicted molar refractivity (Wildman–Crippen MR) is 65.8 cm³/mol. The zero-order valence-electron chi connectivity index (χ0n) is 10.8. The summed E-state index contributed by atoms with van der Waals surface area (Å²) in [4.78, 5) is 35.0. The fourth-order valence-electron chi connectivity index (χ4n) is 1.48. The van der Waals surface area contributed by atoms with Crippen LogP contribution >= 0.6 is 0 Å². The highest BCUT2D eigenvalue weighted by Crippen LogP contribution is 2.20. The summed E-state index contributed by atoms with van der Waals surface area (Å²) in [6.07, 6.45) is 0. The minimum Gasteiger partial charge on any atom is -0.480 e. The number of nitro groups is 1. The number of amides is 1. The molecule has 0 aromatic carbocycles. The molecule has 1 aromatic heterocycles. The second-order valence-electron chi connectivity index (χ2n) is 5.13. The van der Waals surface area contributed by atoms with Crippen LogP contribution in [0.4, 0.5) is 5.82 Å². The van der Waals surface area contributed by atoms with E-state index in [1.165, 1.54) is 6.07 Å². The fraction of sp³-hybridized carbons (Fsp3) is 0.455. The average Bonchev–Trinajstić information content (AvgIpc) is 2.72. The highest BCUT2D eigenvalue weighted by atomic mass is 16.6. The summed E-state index contributed by atoms with van der Waals surface area (Å²) < 4.78 is 0. The molecule has 104 valence electrons. The number of aromatic amines is 1. The Morgan fingerprint density at radius 2 is 2.00 bits per heavy atom. The molecule has 1 atom stereocenters. The third kappa shape index (κ3) is 3.54. The van der Waals surface area contributed by atoms with E-state index in [9.17, 15) is 19.7 Å². The number of nitrogens with one attached hydrogen (secondary N) is 2. The third-order valence-corrected chi connectivity index (χ3v) is 2.50. The summed E-state index contributed by atoms with van der Waals surface area (Å²) in [5, 5.41) is 21.9.